The molecule has 0 saturated heterocycles. The Morgan fingerprint density at radius 1 is 1.32 bits per heavy atom. The van der Waals surface area contributed by atoms with Crippen molar-refractivity contribution in [3.63, 3.8) is 0 Å². The van der Waals surface area contributed by atoms with E-state index in [9.17, 15) is 14.4 Å². The Morgan fingerprint density at radius 3 is 2.68 bits per heavy atom. The third kappa shape index (κ3) is 3.82. The summed E-state index contributed by atoms with van der Waals surface area (Å²) in [5, 5.41) is 3.21. The molecule has 3 rings (SSSR count). The summed E-state index contributed by atoms with van der Waals surface area (Å²) in [7, 11) is 1.48. The van der Waals surface area contributed by atoms with E-state index in [1.54, 1.807) is 0 Å². The second kappa shape index (κ2) is 8.35. The Kier molecular flexibility index (Phi) is 5.89. The highest BCUT2D eigenvalue weighted by Gasteiger charge is 2.19. The lowest BCUT2D eigenvalue weighted by molar-refractivity contribution is -0.108. The van der Waals surface area contributed by atoms with Crippen LogP contribution in [0.25, 0.3) is 11.0 Å². The molecule has 3 aromatic rings. The minimum Gasteiger partial charge on any atom is -0.495 e. The van der Waals surface area contributed by atoms with Crippen LogP contribution in [0.3, 0.4) is 0 Å². The van der Waals surface area contributed by atoms with E-state index in [-0.39, 0.29) is 24.3 Å². The molecule has 1 N–H and O–H groups in total. The summed E-state index contributed by atoms with van der Waals surface area (Å²) in [6.45, 7) is 2.04. The molecule has 0 radical (unpaired) electrons. The van der Waals surface area contributed by atoms with Crippen molar-refractivity contribution in [2.75, 3.05) is 7.11 Å². The maximum absolute atomic E-state index is 12.8. The number of benzene rings is 1. The first kappa shape index (κ1) is 19.8. The van der Waals surface area contributed by atoms with Gasteiger partial charge >= 0.3 is 0 Å². The van der Waals surface area contributed by atoms with Gasteiger partial charge in [-0.3, -0.25) is 14.2 Å². The highest BCUT2D eigenvalue weighted by Crippen LogP contribution is 2.31. The fourth-order valence-electron chi connectivity index (χ4n) is 2.87. The van der Waals surface area contributed by atoms with Gasteiger partial charge in [-0.1, -0.05) is 29.8 Å². The van der Waals surface area contributed by atoms with E-state index in [0.717, 1.165) is 15.7 Å². The van der Waals surface area contributed by atoms with Crippen LogP contribution in [0.15, 0.2) is 45.8 Å². The van der Waals surface area contributed by atoms with Crippen molar-refractivity contribution >= 4 is 39.2 Å². The number of nitrogens with zero attached hydrogens (tertiary/aromatic N) is 2. The van der Waals surface area contributed by atoms with E-state index in [2.05, 4.69) is 26.2 Å². The van der Waals surface area contributed by atoms with Crippen LogP contribution in [0.4, 0.5) is 0 Å². The fraction of sp³-hybridized carbons (Fsp3) is 0.200. The smallest absolute Gasteiger partial charge is 0.265 e. The molecule has 0 unspecified atom stereocenters. The second-order valence-corrected chi connectivity index (χ2v) is 7.04. The average molecular weight is 444 g/mol. The van der Waals surface area contributed by atoms with Gasteiger partial charge in [0.1, 0.15) is 23.2 Å². The number of nitrogens with one attached hydrogen (secondary N) is 1. The zero-order valence-corrected chi connectivity index (χ0v) is 16.9. The molecule has 7 nitrogen and oxygen atoms in total. The monoisotopic (exact) mass is 443 g/mol. The molecule has 0 aliphatic carbocycles. The van der Waals surface area contributed by atoms with E-state index >= 15 is 0 Å². The van der Waals surface area contributed by atoms with Gasteiger partial charge in [-0.15, -0.1) is 0 Å². The number of amides is 1. The van der Waals surface area contributed by atoms with Crippen molar-refractivity contribution in [1.29, 1.82) is 0 Å². The van der Waals surface area contributed by atoms with Gasteiger partial charge in [-0.2, -0.15) is 0 Å². The number of aromatic nitrogens is 2. The van der Waals surface area contributed by atoms with Crippen LogP contribution in [0, 0.1) is 6.92 Å². The zero-order chi connectivity index (χ0) is 20.3. The van der Waals surface area contributed by atoms with Gasteiger partial charge in [0.2, 0.25) is 0 Å². The molecule has 0 spiro atoms. The molecular weight excluding hydrogens is 426 g/mol. The summed E-state index contributed by atoms with van der Waals surface area (Å²) < 4.78 is 7.12. The van der Waals surface area contributed by atoms with Crippen LogP contribution in [-0.4, -0.2) is 28.9 Å². The Balaban J connectivity index is 2.05. The maximum Gasteiger partial charge on any atom is 0.265 e. The lowest BCUT2D eigenvalue weighted by atomic mass is 10.1. The SMILES string of the molecule is COc1c(Br)cnc2c1cc(C(=O)NCc1ccc(C)cc1)c(=O)n2CC=O. The molecule has 0 saturated carbocycles. The number of carbonyl (C=O) groups is 2. The van der Waals surface area contributed by atoms with E-state index in [0.29, 0.717) is 21.9 Å². The number of fused-ring (bicyclic) bond motifs is 1. The summed E-state index contributed by atoms with van der Waals surface area (Å²) in [5.74, 6) is -0.105. The molecule has 0 aliphatic rings. The van der Waals surface area contributed by atoms with Gasteiger partial charge in [0, 0.05) is 12.7 Å². The third-order valence-corrected chi connectivity index (χ3v) is 4.87. The number of pyridine rings is 2. The van der Waals surface area contributed by atoms with Gasteiger partial charge in [-0.25, -0.2) is 4.98 Å². The highest BCUT2D eigenvalue weighted by molar-refractivity contribution is 9.10. The molecule has 0 fully saturated rings. The summed E-state index contributed by atoms with van der Waals surface area (Å²) >= 11 is 3.34. The van der Waals surface area contributed by atoms with E-state index in [1.807, 2.05) is 31.2 Å². The third-order valence-electron chi connectivity index (χ3n) is 4.30. The molecule has 2 heterocycles. The predicted molar refractivity (Wildman–Crippen MR) is 109 cm³/mol. The van der Waals surface area contributed by atoms with Gasteiger partial charge < -0.3 is 14.8 Å². The van der Waals surface area contributed by atoms with Crippen molar-refractivity contribution in [1.82, 2.24) is 14.9 Å². The average Bonchev–Trinajstić information content (AvgIpc) is 2.69. The van der Waals surface area contributed by atoms with Crippen LogP contribution >= 0.6 is 15.9 Å². The largest absolute Gasteiger partial charge is 0.495 e. The summed E-state index contributed by atoms with van der Waals surface area (Å²) in [6, 6.07) is 9.15. The Morgan fingerprint density at radius 2 is 2.04 bits per heavy atom. The van der Waals surface area contributed by atoms with Gasteiger partial charge in [0.15, 0.2) is 0 Å². The number of aldehydes is 1. The quantitative estimate of drug-likeness (QED) is 0.591. The standard InChI is InChI=1S/C20H18BrN3O4/c1-12-3-5-13(6-4-12)10-23-19(26)15-9-14-17(28-2)16(21)11-22-18(14)24(7-8-25)20(15)27/h3-6,8-9,11H,7,10H2,1-2H3,(H,23,26). The molecule has 0 atom stereocenters. The van der Waals surface area contributed by atoms with Crippen molar-refractivity contribution in [2.24, 2.45) is 0 Å². The number of rotatable bonds is 6. The van der Waals surface area contributed by atoms with Crippen molar-refractivity contribution in [3.8, 4) is 5.75 Å². The number of aryl methyl sites for hydroxylation is 1. The molecule has 0 bridgehead atoms. The summed E-state index contributed by atoms with van der Waals surface area (Å²) in [6.07, 6.45) is 2.07. The van der Waals surface area contributed by atoms with Crippen LogP contribution in [-0.2, 0) is 17.9 Å². The zero-order valence-electron chi connectivity index (χ0n) is 15.4. The number of carbonyl (C=O) groups excluding carboxylic acids is 2. The number of hydrogen-bond acceptors (Lipinski definition) is 5. The predicted octanol–water partition coefficient (Wildman–Crippen LogP) is 2.60. The van der Waals surface area contributed by atoms with Crippen molar-refractivity contribution in [3.05, 3.63) is 68.0 Å². The van der Waals surface area contributed by atoms with Crippen molar-refractivity contribution in [2.45, 2.75) is 20.0 Å². The first-order valence-corrected chi connectivity index (χ1v) is 9.29. The molecule has 28 heavy (non-hydrogen) atoms. The molecule has 2 aromatic heterocycles. The molecule has 144 valence electrons. The fourth-order valence-corrected chi connectivity index (χ4v) is 3.34. The Bertz CT molecular complexity index is 1110. The number of halogens is 1. The number of hydrogen-bond donors (Lipinski definition) is 1. The lowest BCUT2D eigenvalue weighted by Gasteiger charge is -2.13. The van der Waals surface area contributed by atoms with Crippen LogP contribution in [0.1, 0.15) is 21.5 Å². The minimum atomic E-state index is -0.585. The van der Waals surface area contributed by atoms with Crippen LogP contribution in [0.2, 0.25) is 0 Å². The maximum atomic E-state index is 12.8. The lowest BCUT2D eigenvalue weighted by Crippen LogP contribution is -2.33. The summed E-state index contributed by atoms with van der Waals surface area (Å²) in [5.41, 5.74) is 1.63. The number of methoxy groups -OCH3 is 1. The normalized spacial score (nSPS) is 10.7. The molecule has 1 aromatic carbocycles. The van der Waals surface area contributed by atoms with E-state index in [4.69, 9.17) is 4.74 Å². The Labute approximate surface area is 169 Å². The minimum absolute atomic E-state index is 0.0836. The second-order valence-electron chi connectivity index (χ2n) is 6.19. The van der Waals surface area contributed by atoms with E-state index < -0.39 is 11.5 Å². The highest BCUT2D eigenvalue weighted by atomic mass is 79.9. The summed E-state index contributed by atoms with van der Waals surface area (Å²) in [4.78, 5) is 40.8. The van der Waals surface area contributed by atoms with Crippen LogP contribution < -0.4 is 15.6 Å². The van der Waals surface area contributed by atoms with Crippen molar-refractivity contribution < 1.29 is 14.3 Å². The topological polar surface area (TPSA) is 90.3 Å². The van der Waals surface area contributed by atoms with Gasteiger partial charge in [0.05, 0.1) is 23.5 Å². The Hall–Kier alpha value is -3.00. The van der Waals surface area contributed by atoms with Gasteiger partial charge in [0.25, 0.3) is 11.5 Å². The van der Waals surface area contributed by atoms with E-state index in [1.165, 1.54) is 19.4 Å². The van der Waals surface area contributed by atoms with Gasteiger partial charge in [-0.05, 0) is 34.5 Å². The number of ether oxygens (including phenoxy) is 1. The molecular formula is C20H18BrN3O4. The molecule has 1 amide bonds. The van der Waals surface area contributed by atoms with Crippen LogP contribution in [0.5, 0.6) is 5.75 Å². The first-order chi connectivity index (χ1) is 13.5. The molecule has 0 aliphatic heterocycles. The molecule has 8 heteroatoms. The first-order valence-electron chi connectivity index (χ1n) is 8.49.